The molecule has 12 heavy (non-hydrogen) atoms. The maximum Gasteiger partial charge on any atom is 0.00966 e. The zero-order valence-electron chi connectivity index (χ0n) is 8.35. The molecular weight excluding hydrogens is 146 g/mol. The van der Waals surface area contributed by atoms with Gasteiger partial charge in [-0.25, -0.2) is 0 Å². The highest BCUT2D eigenvalue weighted by molar-refractivity contribution is 5.22. The van der Waals surface area contributed by atoms with Crippen molar-refractivity contribution in [3.05, 3.63) is 23.8 Å². The Morgan fingerprint density at radius 2 is 2.17 bits per heavy atom. The van der Waals surface area contributed by atoms with Crippen molar-refractivity contribution in [1.82, 2.24) is 5.32 Å². The predicted octanol–water partition coefficient (Wildman–Crippen LogP) is 2.65. The summed E-state index contributed by atoms with van der Waals surface area (Å²) >= 11 is 0. The quantitative estimate of drug-likeness (QED) is 0.678. The summed E-state index contributed by atoms with van der Waals surface area (Å²) in [5, 5.41) is 3.48. The van der Waals surface area contributed by atoms with Crippen LogP contribution in [0, 0.1) is 0 Å². The molecule has 0 aromatic rings. The molecule has 0 radical (unpaired) electrons. The molecule has 0 fully saturated rings. The fourth-order valence-corrected chi connectivity index (χ4v) is 1.28. The van der Waals surface area contributed by atoms with Crippen molar-refractivity contribution < 1.29 is 0 Å². The van der Waals surface area contributed by atoms with Crippen molar-refractivity contribution in [2.75, 3.05) is 6.54 Å². The lowest BCUT2D eigenvalue weighted by Crippen LogP contribution is -2.36. The molecule has 1 heteroatoms. The number of nitrogens with one attached hydrogen (secondary N) is 1. The molecule has 0 aromatic carbocycles. The van der Waals surface area contributed by atoms with Gasteiger partial charge in [0.15, 0.2) is 0 Å². The molecule has 1 N–H and O–H groups in total. The van der Waals surface area contributed by atoms with E-state index in [0.29, 0.717) is 0 Å². The van der Waals surface area contributed by atoms with Crippen LogP contribution in [0.2, 0.25) is 0 Å². The van der Waals surface area contributed by atoms with E-state index < -0.39 is 0 Å². The normalized spacial score (nSPS) is 16.8. The molecule has 0 spiro atoms. The van der Waals surface area contributed by atoms with Gasteiger partial charge in [0, 0.05) is 5.54 Å². The highest BCUT2D eigenvalue weighted by Gasteiger charge is 2.08. The van der Waals surface area contributed by atoms with E-state index in [1.807, 2.05) is 0 Å². The molecule has 1 aliphatic rings. The maximum absolute atomic E-state index is 3.48. The van der Waals surface area contributed by atoms with Crippen molar-refractivity contribution in [3.63, 3.8) is 0 Å². The molecule has 0 heterocycles. The van der Waals surface area contributed by atoms with Crippen LogP contribution in [-0.2, 0) is 0 Å². The standard InChI is InChI=1S/C11H19N/c1-11(2,3)12-9-8-10-6-4-5-7-10/h4-6,12H,7-9H2,1-3H3. The zero-order valence-corrected chi connectivity index (χ0v) is 8.35. The van der Waals surface area contributed by atoms with Gasteiger partial charge in [0.2, 0.25) is 0 Å². The van der Waals surface area contributed by atoms with Crippen LogP contribution in [0.1, 0.15) is 33.6 Å². The van der Waals surface area contributed by atoms with Gasteiger partial charge in [-0.15, -0.1) is 0 Å². The van der Waals surface area contributed by atoms with Gasteiger partial charge in [-0.2, -0.15) is 0 Å². The fraction of sp³-hybridized carbons (Fsp3) is 0.636. The molecule has 0 saturated carbocycles. The van der Waals surface area contributed by atoms with Crippen LogP contribution in [0.3, 0.4) is 0 Å². The van der Waals surface area contributed by atoms with Gasteiger partial charge in [-0.05, 0) is 40.2 Å². The summed E-state index contributed by atoms with van der Waals surface area (Å²) < 4.78 is 0. The van der Waals surface area contributed by atoms with Gasteiger partial charge >= 0.3 is 0 Å². The number of hydrogen-bond donors (Lipinski definition) is 1. The molecule has 1 nitrogen and oxygen atoms in total. The predicted molar refractivity (Wildman–Crippen MR) is 54.2 cm³/mol. The molecule has 0 atom stereocenters. The number of rotatable bonds is 3. The third kappa shape index (κ3) is 3.72. The van der Waals surface area contributed by atoms with Crippen LogP contribution in [0.5, 0.6) is 0 Å². The Bertz CT molecular complexity index is 194. The Balaban J connectivity index is 2.11. The lowest BCUT2D eigenvalue weighted by molar-refractivity contribution is 0.429. The Morgan fingerprint density at radius 3 is 2.67 bits per heavy atom. The van der Waals surface area contributed by atoms with E-state index in [-0.39, 0.29) is 5.54 Å². The van der Waals surface area contributed by atoms with E-state index in [1.54, 1.807) is 5.57 Å². The van der Waals surface area contributed by atoms with Crippen LogP contribution < -0.4 is 5.32 Å². The summed E-state index contributed by atoms with van der Waals surface area (Å²) in [4.78, 5) is 0. The Labute approximate surface area is 75.6 Å². The highest BCUT2D eigenvalue weighted by atomic mass is 14.9. The van der Waals surface area contributed by atoms with Gasteiger partial charge in [0.05, 0.1) is 0 Å². The molecule has 0 aliphatic heterocycles. The molecule has 1 aliphatic carbocycles. The van der Waals surface area contributed by atoms with Gasteiger partial charge in [0.25, 0.3) is 0 Å². The third-order valence-corrected chi connectivity index (χ3v) is 1.95. The van der Waals surface area contributed by atoms with Gasteiger partial charge < -0.3 is 5.32 Å². The minimum Gasteiger partial charge on any atom is -0.312 e. The largest absolute Gasteiger partial charge is 0.312 e. The molecule has 0 saturated heterocycles. The van der Waals surface area contributed by atoms with Crippen molar-refractivity contribution >= 4 is 0 Å². The van der Waals surface area contributed by atoms with Gasteiger partial charge in [-0.3, -0.25) is 0 Å². The molecule has 0 aromatic heterocycles. The maximum atomic E-state index is 3.48. The van der Waals surface area contributed by atoms with Crippen LogP contribution in [0.4, 0.5) is 0 Å². The second-order valence-corrected chi connectivity index (χ2v) is 4.38. The molecular formula is C11H19N. The van der Waals surface area contributed by atoms with E-state index in [9.17, 15) is 0 Å². The monoisotopic (exact) mass is 165 g/mol. The van der Waals surface area contributed by atoms with Crippen molar-refractivity contribution in [2.24, 2.45) is 0 Å². The van der Waals surface area contributed by atoms with E-state index >= 15 is 0 Å². The van der Waals surface area contributed by atoms with Crippen LogP contribution in [0.15, 0.2) is 23.8 Å². The Hall–Kier alpha value is -0.560. The van der Waals surface area contributed by atoms with E-state index in [0.717, 1.165) is 13.0 Å². The number of allylic oxidation sites excluding steroid dienone is 3. The van der Waals surface area contributed by atoms with Crippen LogP contribution >= 0.6 is 0 Å². The molecule has 0 bridgehead atoms. The molecule has 1 rings (SSSR count). The fourth-order valence-electron chi connectivity index (χ4n) is 1.28. The summed E-state index contributed by atoms with van der Waals surface area (Å²) in [5.74, 6) is 0. The zero-order chi connectivity index (χ0) is 9.03. The first-order valence-electron chi connectivity index (χ1n) is 4.67. The average molecular weight is 165 g/mol. The van der Waals surface area contributed by atoms with Gasteiger partial charge in [-0.1, -0.05) is 23.8 Å². The topological polar surface area (TPSA) is 12.0 Å². The summed E-state index contributed by atoms with van der Waals surface area (Å²) in [7, 11) is 0. The molecule has 68 valence electrons. The number of hydrogen-bond acceptors (Lipinski definition) is 1. The minimum atomic E-state index is 0.257. The summed E-state index contributed by atoms with van der Waals surface area (Å²) in [5.41, 5.74) is 1.80. The van der Waals surface area contributed by atoms with Crippen LogP contribution in [-0.4, -0.2) is 12.1 Å². The van der Waals surface area contributed by atoms with E-state index in [1.165, 1.54) is 6.42 Å². The summed E-state index contributed by atoms with van der Waals surface area (Å²) in [6.45, 7) is 7.70. The highest BCUT2D eigenvalue weighted by Crippen LogP contribution is 2.13. The van der Waals surface area contributed by atoms with Crippen molar-refractivity contribution in [2.45, 2.75) is 39.2 Å². The van der Waals surface area contributed by atoms with E-state index in [4.69, 9.17) is 0 Å². The molecule has 0 amide bonds. The van der Waals surface area contributed by atoms with Gasteiger partial charge in [0.1, 0.15) is 0 Å². The van der Waals surface area contributed by atoms with Crippen LogP contribution in [0.25, 0.3) is 0 Å². The Morgan fingerprint density at radius 1 is 1.42 bits per heavy atom. The summed E-state index contributed by atoms with van der Waals surface area (Å²) in [6.07, 6.45) is 8.93. The first-order chi connectivity index (χ1) is 5.58. The lowest BCUT2D eigenvalue weighted by atomic mass is 10.1. The van der Waals surface area contributed by atoms with Crippen molar-refractivity contribution in [3.8, 4) is 0 Å². The summed E-state index contributed by atoms with van der Waals surface area (Å²) in [6, 6.07) is 0. The first-order valence-corrected chi connectivity index (χ1v) is 4.67. The van der Waals surface area contributed by atoms with E-state index in [2.05, 4.69) is 44.3 Å². The van der Waals surface area contributed by atoms with Crippen molar-refractivity contribution in [1.29, 1.82) is 0 Å². The lowest BCUT2D eigenvalue weighted by Gasteiger charge is -2.20. The molecule has 0 unspecified atom stereocenters. The third-order valence-electron chi connectivity index (χ3n) is 1.95. The average Bonchev–Trinajstić information content (AvgIpc) is 2.36. The smallest absolute Gasteiger partial charge is 0.00966 e. The SMILES string of the molecule is CC(C)(C)NCCC1=CC=CC1. The first kappa shape index (κ1) is 9.53. The second kappa shape index (κ2) is 3.90. The Kier molecular flexibility index (Phi) is 3.10. The minimum absolute atomic E-state index is 0.257. The second-order valence-electron chi connectivity index (χ2n) is 4.38.